The van der Waals surface area contributed by atoms with Gasteiger partial charge < -0.3 is 4.98 Å². The monoisotopic (exact) mass is 185 g/mol. The Morgan fingerprint density at radius 3 is 2.17 bits per heavy atom. The smallest absolute Gasteiger partial charge is 0.124 e. The second-order valence-corrected chi connectivity index (χ2v) is 9.98. The van der Waals surface area contributed by atoms with E-state index < -0.39 is 8.24 Å². The highest BCUT2D eigenvalue weighted by molar-refractivity contribution is 6.77. The van der Waals surface area contributed by atoms with Crippen LogP contribution >= 0.6 is 0 Å². The molecule has 0 aromatic heterocycles. The summed E-state index contributed by atoms with van der Waals surface area (Å²) in [5.41, 5.74) is 0. The van der Waals surface area contributed by atoms with Crippen LogP contribution in [0, 0.1) is 0 Å². The van der Waals surface area contributed by atoms with Gasteiger partial charge in [-0.25, -0.2) is 0 Å². The molecule has 1 N–H and O–H groups in total. The van der Waals surface area contributed by atoms with E-state index in [9.17, 15) is 0 Å². The zero-order valence-electron chi connectivity index (χ0n) is 9.20. The Balaban J connectivity index is 3.95. The zero-order chi connectivity index (χ0) is 9.83. The molecule has 2 heteroatoms. The molecule has 0 aromatic rings. The first-order valence-corrected chi connectivity index (χ1v) is 7.67. The standard InChI is InChI=1S/C10H23NSi/c1-7-8-9-11-12(5,6)10(2,3)4/h7,11H,1,8-9H2,2-6H3. The maximum Gasteiger partial charge on any atom is 0.124 e. The fourth-order valence-electron chi connectivity index (χ4n) is 0.752. The predicted molar refractivity (Wildman–Crippen MR) is 60.0 cm³/mol. The van der Waals surface area contributed by atoms with Crippen LogP contribution in [0.3, 0.4) is 0 Å². The van der Waals surface area contributed by atoms with Gasteiger partial charge in [-0.05, 0) is 18.0 Å². The van der Waals surface area contributed by atoms with Crippen molar-refractivity contribution < 1.29 is 0 Å². The van der Waals surface area contributed by atoms with Crippen molar-refractivity contribution in [1.29, 1.82) is 0 Å². The van der Waals surface area contributed by atoms with E-state index in [-0.39, 0.29) is 0 Å². The van der Waals surface area contributed by atoms with Gasteiger partial charge in [0.25, 0.3) is 0 Å². The van der Waals surface area contributed by atoms with Crippen LogP contribution in [0.15, 0.2) is 12.7 Å². The average Bonchev–Trinajstić information content (AvgIpc) is 1.85. The summed E-state index contributed by atoms with van der Waals surface area (Å²) in [4.78, 5) is 3.67. The highest BCUT2D eigenvalue weighted by Gasteiger charge is 2.34. The Morgan fingerprint density at radius 2 is 1.83 bits per heavy atom. The average molecular weight is 185 g/mol. The summed E-state index contributed by atoms with van der Waals surface area (Å²) in [6.45, 7) is 16.5. The predicted octanol–water partition coefficient (Wildman–Crippen LogP) is 3.16. The van der Waals surface area contributed by atoms with Crippen molar-refractivity contribution in [2.75, 3.05) is 6.54 Å². The summed E-state index contributed by atoms with van der Waals surface area (Å²) in [6, 6.07) is 0. The third-order valence-electron chi connectivity index (χ3n) is 2.79. The number of nitrogens with one attached hydrogen (secondary N) is 1. The molecule has 0 aliphatic heterocycles. The maximum atomic E-state index is 3.72. The molecule has 0 heterocycles. The van der Waals surface area contributed by atoms with Crippen molar-refractivity contribution in [3.8, 4) is 0 Å². The summed E-state index contributed by atoms with van der Waals surface area (Å²) in [5.74, 6) is 0. The second kappa shape index (κ2) is 4.24. The van der Waals surface area contributed by atoms with Gasteiger partial charge >= 0.3 is 0 Å². The molecular formula is C10H23NSi. The first kappa shape index (κ1) is 11.9. The number of rotatable bonds is 4. The van der Waals surface area contributed by atoms with E-state index in [2.05, 4.69) is 45.4 Å². The fourth-order valence-corrected chi connectivity index (χ4v) is 2.05. The molecule has 0 fully saturated rings. The Kier molecular flexibility index (Phi) is 4.21. The largest absolute Gasteiger partial charge is 0.337 e. The van der Waals surface area contributed by atoms with Crippen LogP contribution in [0.25, 0.3) is 0 Å². The first-order chi connectivity index (χ1) is 5.31. The lowest BCUT2D eigenvalue weighted by Gasteiger charge is -2.37. The summed E-state index contributed by atoms with van der Waals surface area (Å²) in [5, 5.41) is 0.439. The topological polar surface area (TPSA) is 12.0 Å². The molecule has 0 amide bonds. The van der Waals surface area contributed by atoms with E-state index in [0.29, 0.717) is 5.04 Å². The van der Waals surface area contributed by atoms with Crippen molar-refractivity contribution in [2.45, 2.75) is 45.3 Å². The lowest BCUT2D eigenvalue weighted by Crippen LogP contribution is -2.52. The molecule has 0 bridgehead atoms. The molecule has 1 nitrogen and oxygen atoms in total. The molecular weight excluding hydrogens is 162 g/mol. The minimum absolute atomic E-state index is 0.439. The third kappa shape index (κ3) is 3.54. The van der Waals surface area contributed by atoms with Crippen molar-refractivity contribution in [3.63, 3.8) is 0 Å². The Morgan fingerprint density at radius 1 is 1.33 bits per heavy atom. The van der Waals surface area contributed by atoms with Gasteiger partial charge in [0.2, 0.25) is 0 Å². The molecule has 0 aliphatic carbocycles. The third-order valence-corrected chi connectivity index (χ3v) is 7.67. The van der Waals surface area contributed by atoms with E-state index in [1.165, 1.54) is 0 Å². The van der Waals surface area contributed by atoms with Crippen LogP contribution < -0.4 is 4.98 Å². The Labute approximate surface area is 78.3 Å². The Hall–Kier alpha value is -0.0831. The molecule has 0 rings (SSSR count). The van der Waals surface area contributed by atoms with Gasteiger partial charge in [-0.3, -0.25) is 0 Å². The van der Waals surface area contributed by atoms with E-state index in [1.807, 2.05) is 6.08 Å². The number of hydrogen-bond acceptors (Lipinski definition) is 1. The SMILES string of the molecule is C=CCCN[Si](C)(C)C(C)(C)C. The lowest BCUT2D eigenvalue weighted by molar-refractivity contribution is 0.684. The van der Waals surface area contributed by atoms with Crippen molar-refractivity contribution in [2.24, 2.45) is 0 Å². The normalized spacial score (nSPS) is 13.1. The van der Waals surface area contributed by atoms with Crippen LogP contribution in [0.1, 0.15) is 27.2 Å². The highest BCUT2D eigenvalue weighted by atomic mass is 28.3. The molecule has 0 aliphatic rings. The van der Waals surface area contributed by atoms with E-state index >= 15 is 0 Å². The van der Waals surface area contributed by atoms with Gasteiger partial charge in [-0.1, -0.05) is 39.9 Å². The van der Waals surface area contributed by atoms with Crippen LogP contribution in [0.2, 0.25) is 18.1 Å². The van der Waals surface area contributed by atoms with Gasteiger partial charge in [0.05, 0.1) is 0 Å². The molecule has 0 unspecified atom stereocenters. The summed E-state index contributed by atoms with van der Waals surface area (Å²) >= 11 is 0. The quantitative estimate of drug-likeness (QED) is 0.403. The van der Waals surface area contributed by atoms with Crippen LogP contribution in [-0.2, 0) is 0 Å². The van der Waals surface area contributed by atoms with Gasteiger partial charge in [-0.2, -0.15) is 0 Å². The highest BCUT2D eigenvalue weighted by Crippen LogP contribution is 2.33. The van der Waals surface area contributed by atoms with E-state index in [1.54, 1.807) is 0 Å². The number of hydrogen-bond donors (Lipinski definition) is 1. The summed E-state index contributed by atoms with van der Waals surface area (Å²) < 4.78 is 0. The van der Waals surface area contributed by atoms with Crippen molar-refractivity contribution >= 4 is 8.24 Å². The van der Waals surface area contributed by atoms with Crippen molar-refractivity contribution in [3.05, 3.63) is 12.7 Å². The van der Waals surface area contributed by atoms with Gasteiger partial charge in [0.15, 0.2) is 0 Å². The molecule has 0 saturated heterocycles. The van der Waals surface area contributed by atoms with Crippen LogP contribution in [0.4, 0.5) is 0 Å². The van der Waals surface area contributed by atoms with E-state index in [0.717, 1.165) is 13.0 Å². The first-order valence-electron chi connectivity index (χ1n) is 4.67. The molecule has 0 spiro atoms. The molecule has 0 atom stereocenters. The van der Waals surface area contributed by atoms with Crippen molar-refractivity contribution in [1.82, 2.24) is 4.98 Å². The Bertz CT molecular complexity index is 144. The summed E-state index contributed by atoms with van der Waals surface area (Å²) in [7, 11) is -1.24. The van der Waals surface area contributed by atoms with Gasteiger partial charge in [0, 0.05) is 0 Å². The second-order valence-electron chi connectivity index (χ2n) is 4.88. The molecule has 0 radical (unpaired) electrons. The minimum Gasteiger partial charge on any atom is -0.337 e. The van der Waals surface area contributed by atoms with Gasteiger partial charge in [-0.15, -0.1) is 6.58 Å². The maximum absolute atomic E-state index is 3.72. The van der Waals surface area contributed by atoms with Crippen LogP contribution in [0.5, 0.6) is 0 Å². The minimum atomic E-state index is -1.24. The fraction of sp³-hybridized carbons (Fsp3) is 0.800. The van der Waals surface area contributed by atoms with Gasteiger partial charge in [0.1, 0.15) is 8.24 Å². The lowest BCUT2D eigenvalue weighted by atomic mass is 10.2. The molecule has 0 aromatic carbocycles. The molecule has 0 saturated carbocycles. The molecule has 12 heavy (non-hydrogen) atoms. The molecule has 72 valence electrons. The van der Waals surface area contributed by atoms with Crippen LogP contribution in [-0.4, -0.2) is 14.8 Å². The van der Waals surface area contributed by atoms with E-state index in [4.69, 9.17) is 0 Å². The zero-order valence-corrected chi connectivity index (χ0v) is 10.2. The summed E-state index contributed by atoms with van der Waals surface area (Å²) in [6.07, 6.45) is 3.05.